The Morgan fingerprint density at radius 1 is 1.73 bits per heavy atom. The number of rotatable bonds is 2. The number of anilines is 1. The highest BCUT2D eigenvalue weighted by Crippen LogP contribution is 2.14. The molecule has 1 aromatic heterocycles. The first kappa shape index (κ1) is 8.44. The monoisotopic (exact) mass is 193 g/mol. The van der Waals surface area contributed by atoms with Crippen molar-refractivity contribution >= 4 is 26.7 Å². The lowest BCUT2D eigenvalue weighted by atomic mass is 10.6. The number of aryl methyl sites for hydroxylation is 1. The standard InChI is InChI=1S/C4H7N3O2S2/c1-3-2-10-4(6-3)7-11(5,8)9/h2H,1H3,(H,6,7)(H2,5,8,9). The van der Waals surface area contributed by atoms with Gasteiger partial charge in [-0.15, -0.1) is 11.3 Å². The van der Waals surface area contributed by atoms with Crippen molar-refractivity contribution < 1.29 is 8.42 Å². The molecule has 1 aromatic rings. The normalized spacial score (nSPS) is 11.5. The summed E-state index contributed by atoms with van der Waals surface area (Å²) in [7, 11) is -3.67. The smallest absolute Gasteiger partial charge is 0.246 e. The zero-order valence-electron chi connectivity index (χ0n) is 5.73. The van der Waals surface area contributed by atoms with Gasteiger partial charge in [-0.2, -0.15) is 8.42 Å². The second-order valence-corrected chi connectivity index (χ2v) is 4.09. The number of hydrogen-bond donors (Lipinski definition) is 2. The molecule has 0 amide bonds. The zero-order valence-corrected chi connectivity index (χ0v) is 7.37. The highest BCUT2D eigenvalue weighted by molar-refractivity contribution is 7.90. The summed E-state index contributed by atoms with van der Waals surface area (Å²) in [6.07, 6.45) is 0. The first-order valence-corrected chi connectivity index (χ1v) is 5.12. The molecule has 5 nitrogen and oxygen atoms in total. The van der Waals surface area contributed by atoms with Gasteiger partial charge in [0, 0.05) is 5.38 Å². The van der Waals surface area contributed by atoms with E-state index in [1.807, 2.05) is 0 Å². The summed E-state index contributed by atoms with van der Waals surface area (Å²) in [5.41, 5.74) is 0.765. The lowest BCUT2D eigenvalue weighted by Crippen LogP contribution is -2.21. The Bertz CT molecular complexity index is 342. The Labute approximate surface area is 68.4 Å². The Morgan fingerprint density at radius 2 is 2.36 bits per heavy atom. The lowest BCUT2D eigenvalue weighted by molar-refractivity contribution is 0.603. The highest BCUT2D eigenvalue weighted by atomic mass is 32.2. The Balaban J connectivity index is 2.81. The first-order chi connectivity index (χ1) is 4.97. The van der Waals surface area contributed by atoms with Gasteiger partial charge in [-0.05, 0) is 6.92 Å². The lowest BCUT2D eigenvalue weighted by Gasteiger charge is -1.95. The van der Waals surface area contributed by atoms with E-state index in [-0.39, 0.29) is 0 Å². The summed E-state index contributed by atoms with van der Waals surface area (Å²) in [6.45, 7) is 1.77. The fourth-order valence-electron chi connectivity index (χ4n) is 0.523. The van der Waals surface area contributed by atoms with Crippen LogP contribution < -0.4 is 9.86 Å². The average Bonchev–Trinajstić information content (AvgIpc) is 2.10. The third-order valence-electron chi connectivity index (χ3n) is 0.849. The number of nitrogens with zero attached hydrogens (tertiary/aromatic N) is 1. The van der Waals surface area contributed by atoms with Crippen molar-refractivity contribution in [2.24, 2.45) is 5.14 Å². The Hall–Kier alpha value is -0.660. The molecular formula is C4H7N3O2S2. The number of aromatic nitrogens is 1. The fourth-order valence-corrected chi connectivity index (χ4v) is 1.88. The van der Waals surface area contributed by atoms with E-state index in [2.05, 4.69) is 9.71 Å². The minimum Gasteiger partial charge on any atom is -0.246 e. The van der Waals surface area contributed by atoms with Gasteiger partial charge in [-0.25, -0.2) is 14.8 Å². The summed E-state index contributed by atoms with van der Waals surface area (Å²) in [4.78, 5) is 3.84. The third kappa shape index (κ3) is 2.83. The predicted octanol–water partition coefficient (Wildman–Crippen LogP) is 0.0669. The molecule has 0 unspecified atom stereocenters. The van der Waals surface area contributed by atoms with E-state index in [1.165, 1.54) is 11.3 Å². The van der Waals surface area contributed by atoms with Crippen LogP contribution in [0.1, 0.15) is 5.69 Å². The maximum absolute atomic E-state index is 10.4. The molecule has 0 fully saturated rings. The van der Waals surface area contributed by atoms with Gasteiger partial charge in [0.15, 0.2) is 5.13 Å². The topological polar surface area (TPSA) is 85.1 Å². The third-order valence-corrected chi connectivity index (χ3v) is 2.33. The molecule has 0 aromatic carbocycles. The van der Waals surface area contributed by atoms with E-state index in [9.17, 15) is 8.42 Å². The van der Waals surface area contributed by atoms with Crippen molar-refractivity contribution in [1.82, 2.24) is 4.98 Å². The molecule has 1 rings (SSSR count). The Morgan fingerprint density at radius 3 is 2.73 bits per heavy atom. The zero-order chi connectivity index (χ0) is 8.48. The molecule has 62 valence electrons. The molecule has 0 radical (unpaired) electrons. The minimum atomic E-state index is -3.67. The van der Waals surface area contributed by atoms with Crippen LogP contribution in [0.15, 0.2) is 5.38 Å². The number of hydrogen-bond acceptors (Lipinski definition) is 4. The van der Waals surface area contributed by atoms with Crippen molar-refractivity contribution in [3.05, 3.63) is 11.1 Å². The second kappa shape index (κ2) is 2.76. The summed E-state index contributed by atoms with van der Waals surface area (Å²) >= 11 is 1.20. The molecule has 0 saturated carbocycles. The maximum atomic E-state index is 10.4. The summed E-state index contributed by atoms with van der Waals surface area (Å²) in [6, 6.07) is 0. The van der Waals surface area contributed by atoms with E-state index < -0.39 is 10.2 Å². The van der Waals surface area contributed by atoms with Crippen molar-refractivity contribution in [2.75, 3.05) is 4.72 Å². The van der Waals surface area contributed by atoms with E-state index in [1.54, 1.807) is 12.3 Å². The van der Waals surface area contributed by atoms with Crippen LogP contribution in [0.25, 0.3) is 0 Å². The molecule has 11 heavy (non-hydrogen) atoms. The molecule has 0 aliphatic heterocycles. The largest absolute Gasteiger partial charge is 0.298 e. The summed E-state index contributed by atoms with van der Waals surface area (Å²) in [5.74, 6) is 0. The van der Waals surface area contributed by atoms with Gasteiger partial charge >= 0.3 is 0 Å². The van der Waals surface area contributed by atoms with Crippen molar-refractivity contribution in [1.29, 1.82) is 0 Å². The van der Waals surface area contributed by atoms with Gasteiger partial charge in [0.2, 0.25) is 0 Å². The van der Waals surface area contributed by atoms with Gasteiger partial charge in [-0.3, -0.25) is 0 Å². The van der Waals surface area contributed by atoms with Gasteiger partial charge in [0.1, 0.15) is 0 Å². The van der Waals surface area contributed by atoms with Crippen LogP contribution in [0.2, 0.25) is 0 Å². The quantitative estimate of drug-likeness (QED) is 0.696. The summed E-state index contributed by atoms with van der Waals surface area (Å²) < 4.78 is 22.9. The molecule has 0 saturated heterocycles. The summed E-state index contributed by atoms with van der Waals surface area (Å²) in [5, 5.41) is 6.73. The molecule has 7 heteroatoms. The van der Waals surface area contributed by atoms with Crippen molar-refractivity contribution in [3.8, 4) is 0 Å². The van der Waals surface area contributed by atoms with Crippen LogP contribution in [-0.4, -0.2) is 13.4 Å². The van der Waals surface area contributed by atoms with Crippen LogP contribution in [0, 0.1) is 6.92 Å². The Kier molecular flexibility index (Phi) is 2.12. The molecular weight excluding hydrogens is 186 g/mol. The highest BCUT2D eigenvalue weighted by Gasteiger charge is 2.04. The number of nitrogens with two attached hydrogens (primary N) is 1. The maximum Gasteiger partial charge on any atom is 0.298 e. The molecule has 0 spiro atoms. The first-order valence-electron chi connectivity index (χ1n) is 2.70. The van der Waals surface area contributed by atoms with Crippen LogP contribution in [0.5, 0.6) is 0 Å². The van der Waals surface area contributed by atoms with Gasteiger partial charge in [0.25, 0.3) is 10.2 Å². The fraction of sp³-hybridized carbons (Fsp3) is 0.250. The van der Waals surface area contributed by atoms with Crippen LogP contribution in [-0.2, 0) is 10.2 Å². The SMILES string of the molecule is Cc1csc(NS(N)(=O)=O)n1. The van der Waals surface area contributed by atoms with Crippen LogP contribution in [0.3, 0.4) is 0 Å². The van der Waals surface area contributed by atoms with Crippen molar-refractivity contribution in [2.45, 2.75) is 6.92 Å². The van der Waals surface area contributed by atoms with Gasteiger partial charge in [0.05, 0.1) is 5.69 Å². The van der Waals surface area contributed by atoms with E-state index in [0.29, 0.717) is 5.13 Å². The molecule has 0 atom stereocenters. The molecule has 3 N–H and O–H groups in total. The molecule has 0 aliphatic carbocycles. The van der Waals surface area contributed by atoms with E-state index in [4.69, 9.17) is 5.14 Å². The van der Waals surface area contributed by atoms with Crippen molar-refractivity contribution in [3.63, 3.8) is 0 Å². The molecule has 0 aliphatic rings. The number of thiazole rings is 1. The van der Waals surface area contributed by atoms with Gasteiger partial charge in [-0.1, -0.05) is 0 Å². The van der Waals surface area contributed by atoms with E-state index in [0.717, 1.165) is 5.69 Å². The van der Waals surface area contributed by atoms with Crippen LogP contribution in [0.4, 0.5) is 5.13 Å². The predicted molar refractivity (Wildman–Crippen MR) is 43.6 cm³/mol. The molecule has 1 heterocycles. The van der Waals surface area contributed by atoms with Crippen LogP contribution >= 0.6 is 11.3 Å². The van der Waals surface area contributed by atoms with Gasteiger partial charge < -0.3 is 0 Å². The second-order valence-electron chi connectivity index (χ2n) is 1.94. The minimum absolute atomic E-state index is 0.296. The average molecular weight is 193 g/mol. The van der Waals surface area contributed by atoms with E-state index >= 15 is 0 Å². The number of nitrogens with one attached hydrogen (secondary N) is 1. The molecule has 0 bridgehead atoms.